The third kappa shape index (κ3) is 4.93. The number of ether oxygens (including phenoxy) is 1. The zero-order chi connectivity index (χ0) is 24.4. The van der Waals surface area contributed by atoms with Gasteiger partial charge in [-0.25, -0.2) is 13.8 Å². The molecule has 3 heterocycles. The Morgan fingerprint density at radius 1 is 1.23 bits per heavy atom. The quantitative estimate of drug-likeness (QED) is 0.416. The number of halogens is 2. The molecule has 0 saturated carbocycles. The smallest absolute Gasteiger partial charge is 0.252 e. The fourth-order valence-electron chi connectivity index (χ4n) is 4.51. The van der Waals surface area contributed by atoms with Crippen molar-refractivity contribution in [1.82, 2.24) is 20.2 Å². The molecule has 6 nitrogen and oxygen atoms in total. The number of aromatic nitrogens is 2. The summed E-state index contributed by atoms with van der Waals surface area (Å²) in [6.07, 6.45) is 1.16. The van der Waals surface area contributed by atoms with Crippen LogP contribution in [0.1, 0.15) is 38.6 Å². The molecule has 0 aliphatic carbocycles. The van der Waals surface area contributed by atoms with Gasteiger partial charge in [-0.05, 0) is 31.2 Å². The molecule has 9 heteroatoms. The number of thiazole rings is 1. The highest BCUT2D eigenvalue weighted by atomic mass is 32.1. The molecule has 2 atom stereocenters. The van der Waals surface area contributed by atoms with E-state index in [-0.39, 0.29) is 11.9 Å². The minimum absolute atomic E-state index is 0.172. The van der Waals surface area contributed by atoms with Crippen LogP contribution < -0.4 is 5.32 Å². The zero-order valence-electron chi connectivity index (χ0n) is 19.1. The molecule has 1 aliphatic heterocycles. The topological polar surface area (TPSA) is 67.4 Å². The summed E-state index contributed by atoms with van der Waals surface area (Å²) in [6, 6.07) is 12.5. The highest BCUT2D eigenvalue weighted by Crippen LogP contribution is 2.33. The molecule has 2 aromatic heterocycles. The molecular weight excluding hydrogens is 470 g/mol. The normalized spacial score (nSPS) is 17.4. The van der Waals surface area contributed by atoms with E-state index in [1.54, 1.807) is 17.8 Å². The van der Waals surface area contributed by atoms with Crippen LogP contribution in [0.25, 0.3) is 10.9 Å². The van der Waals surface area contributed by atoms with Crippen LogP contribution in [0.15, 0.2) is 60.2 Å². The molecule has 1 amide bonds. The number of carbonyl (C=O) groups is 1. The van der Waals surface area contributed by atoms with E-state index in [1.807, 2.05) is 31.2 Å². The van der Waals surface area contributed by atoms with E-state index in [2.05, 4.69) is 20.2 Å². The Morgan fingerprint density at radius 2 is 2.11 bits per heavy atom. The number of carbonyl (C=O) groups excluding carboxylic acids is 1. The van der Waals surface area contributed by atoms with Gasteiger partial charge < -0.3 is 10.1 Å². The van der Waals surface area contributed by atoms with Gasteiger partial charge in [-0.3, -0.25) is 14.7 Å². The Bertz CT molecular complexity index is 1360. The maximum absolute atomic E-state index is 14.5. The number of hydrogen-bond acceptors (Lipinski definition) is 6. The molecule has 4 aromatic rings. The van der Waals surface area contributed by atoms with Gasteiger partial charge in [-0.2, -0.15) is 0 Å². The molecule has 1 saturated heterocycles. The molecule has 1 fully saturated rings. The first-order valence-corrected chi connectivity index (χ1v) is 12.2. The number of benzene rings is 2. The lowest BCUT2D eigenvalue weighted by Crippen LogP contribution is -2.45. The molecule has 180 valence electrons. The van der Waals surface area contributed by atoms with Crippen LogP contribution in [0.2, 0.25) is 0 Å². The van der Waals surface area contributed by atoms with Crippen molar-refractivity contribution in [1.29, 1.82) is 0 Å². The number of nitrogens with one attached hydrogen (secondary N) is 1. The predicted molar refractivity (Wildman–Crippen MR) is 130 cm³/mol. The Morgan fingerprint density at radius 3 is 2.91 bits per heavy atom. The van der Waals surface area contributed by atoms with Crippen molar-refractivity contribution < 1.29 is 18.3 Å². The largest absolute Gasteiger partial charge is 0.371 e. The number of fused-ring (bicyclic) bond motifs is 1. The second-order valence-electron chi connectivity index (χ2n) is 8.42. The highest BCUT2D eigenvalue weighted by Gasteiger charge is 2.32. The number of rotatable bonds is 6. The van der Waals surface area contributed by atoms with Crippen LogP contribution in [0, 0.1) is 18.6 Å². The van der Waals surface area contributed by atoms with E-state index in [0.29, 0.717) is 37.4 Å². The Balaban J connectivity index is 1.38. The SMILES string of the molecule is Cc1ncsc1C(CNC(=O)c1cccc2ncccc12)N1CCOC(c2ccc(F)cc2F)C1. The fourth-order valence-corrected chi connectivity index (χ4v) is 5.44. The lowest BCUT2D eigenvalue weighted by molar-refractivity contribution is -0.0462. The van der Waals surface area contributed by atoms with E-state index < -0.39 is 17.7 Å². The summed E-state index contributed by atoms with van der Waals surface area (Å²) in [5.41, 5.74) is 4.31. The molecule has 5 rings (SSSR count). The Labute approximate surface area is 205 Å². The molecule has 0 bridgehead atoms. The van der Waals surface area contributed by atoms with Crippen LogP contribution in [-0.2, 0) is 4.74 Å². The van der Waals surface area contributed by atoms with Crippen LogP contribution in [0.5, 0.6) is 0 Å². The van der Waals surface area contributed by atoms with Crippen molar-refractivity contribution in [3.8, 4) is 0 Å². The monoisotopic (exact) mass is 494 g/mol. The van der Waals surface area contributed by atoms with Crippen molar-refractivity contribution in [2.45, 2.75) is 19.1 Å². The average molecular weight is 495 g/mol. The van der Waals surface area contributed by atoms with E-state index in [4.69, 9.17) is 4.74 Å². The van der Waals surface area contributed by atoms with Gasteiger partial charge in [0, 0.05) is 53.3 Å². The van der Waals surface area contributed by atoms with Crippen molar-refractivity contribution in [3.05, 3.63) is 93.6 Å². The number of pyridine rings is 1. The average Bonchev–Trinajstić information content (AvgIpc) is 3.29. The molecule has 0 spiro atoms. The lowest BCUT2D eigenvalue weighted by atomic mass is 10.0. The van der Waals surface area contributed by atoms with Crippen LogP contribution >= 0.6 is 11.3 Å². The van der Waals surface area contributed by atoms with Crippen LogP contribution in [-0.4, -0.2) is 47.0 Å². The van der Waals surface area contributed by atoms with Gasteiger partial charge in [-0.1, -0.05) is 18.2 Å². The molecule has 2 aromatic carbocycles. The van der Waals surface area contributed by atoms with Crippen molar-refractivity contribution in [2.75, 3.05) is 26.2 Å². The summed E-state index contributed by atoms with van der Waals surface area (Å²) in [5.74, 6) is -1.44. The molecule has 1 N–H and O–H groups in total. The predicted octanol–water partition coefficient (Wildman–Crippen LogP) is 4.82. The van der Waals surface area contributed by atoms with Gasteiger partial charge >= 0.3 is 0 Å². The van der Waals surface area contributed by atoms with Gasteiger partial charge in [-0.15, -0.1) is 11.3 Å². The van der Waals surface area contributed by atoms with Gasteiger partial charge in [0.2, 0.25) is 0 Å². The molecule has 2 unspecified atom stereocenters. The molecular formula is C26H24F2N4O2S. The summed E-state index contributed by atoms with van der Waals surface area (Å²) in [6.45, 7) is 3.68. The fraction of sp³-hybridized carbons (Fsp3) is 0.269. The number of hydrogen-bond donors (Lipinski definition) is 1. The summed E-state index contributed by atoms with van der Waals surface area (Å²) in [4.78, 5) is 25.1. The highest BCUT2D eigenvalue weighted by molar-refractivity contribution is 7.09. The van der Waals surface area contributed by atoms with Crippen molar-refractivity contribution in [2.24, 2.45) is 0 Å². The number of aryl methyl sites for hydroxylation is 1. The number of morpholine rings is 1. The number of amides is 1. The third-order valence-electron chi connectivity index (χ3n) is 6.28. The molecule has 35 heavy (non-hydrogen) atoms. The Hall–Kier alpha value is -3.27. The first-order chi connectivity index (χ1) is 17.0. The van der Waals surface area contributed by atoms with Gasteiger partial charge in [0.05, 0.1) is 35.5 Å². The maximum atomic E-state index is 14.5. The van der Waals surface area contributed by atoms with Gasteiger partial charge in [0.1, 0.15) is 11.6 Å². The van der Waals surface area contributed by atoms with Crippen LogP contribution in [0.3, 0.4) is 0 Å². The summed E-state index contributed by atoms with van der Waals surface area (Å²) in [7, 11) is 0. The summed E-state index contributed by atoms with van der Waals surface area (Å²) in [5, 5.41) is 3.87. The van der Waals surface area contributed by atoms with Gasteiger partial charge in [0.25, 0.3) is 5.91 Å². The molecule has 1 aliphatic rings. The van der Waals surface area contributed by atoms with E-state index in [1.165, 1.54) is 23.5 Å². The van der Waals surface area contributed by atoms with Crippen molar-refractivity contribution in [3.63, 3.8) is 0 Å². The van der Waals surface area contributed by atoms with E-state index in [9.17, 15) is 13.6 Å². The number of nitrogens with zero attached hydrogens (tertiary/aromatic N) is 3. The minimum Gasteiger partial charge on any atom is -0.371 e. The first-order valence-electron chi connectivity index (χ1n) is 11.3. The van der Waals surface area contributed by atoms with E-state index >= 15 is 0 Å². The zero-order valence-corrected chi connectivity index (χ0v) is 19.9. The third-order valence-corrected chi connectivity index (χ3v) is 7.31. The molecule has 0 radical (unpaired) electrons. The van der Waals surface area contributed by atoms with Crippen molar-refractivity contribution >= 4 is 28.1 Å². The lowest BCUT2D eigenvalue weighted by Gasteiger charge is -2.38. The second kappa shape index (κ2) is 10.2. The summed E-state index contributed by atoms with van der Waals surface area (Å²) < 4.78 is 33.7. The first kappa shape index (κ1) is 23.5. The van der Waals surface area contributed by atoms with E-state index in [0.717, 1.165) is 27.5 Å². The Kier molecular flexibility index (Phi) is 6.81. The maximum Gasteiger partial charge on any atom is 0.252 e. The standard InChI is InChI=1S/C26H24F2N4O2S/c1-16-25(35-15-31-16)23(13-30-26(33)19-4-2-6-22-18(19)5-3-9-29-22)32-10-11-34-24(14-32)20-8-7-17(27)12-21(20)28/h2-9,12,15,23-24H,10-11,13-14H2,1H3,(H,30,33). The summed E-state index contributed by atoms with van der Waals surface area (Å²) >= 11 is 1.52. The second-order valence-corrected chi connectivity index (χ2v) is 9.31. The van der Waals surface area contributed by atoms with Crippen LogP contribution in [0.4, 0.5) is 8.78 Å². The minimum atomic E-state index is -0.625. The van der Waals surface area contributed by atoms with Gasteiger partial charge in [0.15, 0.2) is 0 Å².